The summed E-state index contributed by atoms with van der Waals surface area (Å²) in [4.78, 5) is 25.5. The summed E-state index contributed by atoms with van der Waals surface area (Å²) in [7, 11) is 0. The van der Waals surface area contributed by atoms with Crippen LogP contribution in [0.25, 0.3) is 0 Å². The van der Waals surface area contributed by atoms with E-state index in [9.17, 15) is 14.7 Å². The molecule has 1 aromatic rings. The molecule has 0 spiro atoms. The molecule has 0 aromatic heterocycles. The van der Waals surface area contributed by atoms with E-state index in [4.69, 9.17) is 19.2 Å². The maximum Gasteiger partial charge on any atom is 0.326 e. The van der Waals surface area contributed by atoms with Crippen LogP contribution in [0.15, 0.2) is 30.3 Å². The van der Waals surface area contributed by atoms with Crippen LogP contribution in [0.4, 0.5) is 0 Å². The van der Waals surface area contributed by atoms with Crippen molar-refractivity contribution in [3.05, 3.63) is 35.9 Å². The predicted molar refractivity (Wildman–Crippen MR) is 90.0 cm³/mol. The van der Waals surface area contributed by atoms with Gasteiger partial charge in [0.05, 0.1) is 1.37 Å². The minimum Gasteiger partial charge on any atom is -0.480 e. The highest BCUT2D eigenvalue weighted by Gasteiger charge is 2.30. The van der Waals surface area contributed by atoms with Crippen molar-refractivity contribution in [3.63, 3.8) is 0 Å². The van der Waals surface area contributed by atoms with E-state index in [-0.39, 0.29) is 0 Å². The Balaban J connectivity index is 2.84. The van der Waals surface area contributed by atoms with E-state index in [1.807, 2.05) is 0 Å². The smallest absolute Gasteiger partial charge is 0.326 e. The van der Waals surface area contributed by atoms with Gasteiger partial charge in [0.1, 0.15) is 6.02 Å². The summed E-state index contributed by atoms with van der Waals surface area (Å²) < 4.78 is 117. The molecule has 4 heteroatoms. The molecule has 1 aliphatic carbocycles. The molecule has 0 unspecified atom stereocenters. The van der Waals surface area contributed by atoms with Gasteiger partial charge in [-0.25, -0.2) is 4.79 Å². The molecular formula is C19H27NO3. The van der Waals surface area contributed by atoms with Crippen molar-refractivity contribution in [2.75, 3.05) is 0 Å². The zero-order valence-corrected chi connectivity index (χ0v) is 12.7. The lowest BCUT2D eigenvalue weighted by molar-refractivity contribution is -0.142. The molecule has 0 heterocycles. The maximum atomic E-state index is 13.4. The molecule has 2 rings (SSSR count). The molecule has 1 fully saturated rings. The quantitative estimate of drug-likeness (QED) is 0.841. The van der Waals surface area contributed by atoms with Crippen LogP contribution in [0.1, 0.15) is 64.1 Å². The van der Waals surface area contributed by atoms with Gasteiger partial charge in [0.2, 0.25) is 5.91 Å². The minimum absolute atomic E-state index is 0.437. The number of carboxylic acids is 1. The van der Waals surface area contributed by atoms with Crippen molar-refractivity contribution in [2.24, 2.45) is 17.7 Å². The molecule has 2 N–H and O–H groups in total. The zero-order valence-electron chi connectivity index (χ0n) is 26.7. The Morgan fingerprint density at radius 1 is 1.35 bits per heavy atom. The Morgan fingerprint density at radius 2 is 1.96 bits per heavy atom. The Labute approximate surface area is 158 Å². The molecule has 1 aliphatic rings. The molecule has 1 saturated carbocycles. The highest BCUT2D eigenvalue weighted by molar-refractivity contribution is 5.85. The number of nitrogens with one attached hydrogen (secondary N) is 1. The van der Waals surface area contributed by atoms with Crippen molar-refractivity contribution >= 4 is 11.9 Å². The van der Waals surface area contributed by atoms with E-state index in [2.05, 4.69) is 0 Å². The topological polar surface area (TPSA) is 66.4 Å². The Hall–Kier alpha value is -1.84. The number of carbonyl (C=O) groups excluding carboxylic acids is 1. The zero-order chi connectivity index (χ0) is 29.5. The number of rotatable bonds is 6. The molecular weight excluding hydrogens is 290 g/mol. The summed E-state index contributed by atoms with van der Waals surface area (Å²) in [6.45, 7) is 1.68. The normalized spacial score (nSPS) is 49.1. The molecule has 1 atom stereocenters. The molecule has 23 heavy (non-hydrogen) atoms. The standard InChI is InChI=1S/C19H27NO3/c1-13(2)15-8-10-16(11-9-15)18(21)20-17(19(22)23)12-14-6-4-3-5-7-14/h3-7,13,15-17H,8-12H2,1-2H3,(H,20,21)(H,22,23)/t15?,16?,17-/m0/s1/i8D2,9D2,10D2,11D2,12D2,13D,15D,16D,17D. The van der Waals surface area contributed by atoms with Gasteiger partial charge in [-0.3, -0.25) is 4.79 Å². The van der Waals surface area contributed by atoms with Gasteiger partial charge >= 0.3 is 5.97 Å². The van der Waals surface area contributed by atoms with Crippen LogP contribution in [0, 0.1) is 17.7 Å². The molecule has 1 aromatic carbocycles. The van der Waals surface area contributed by atoms with E-state index in [0.29, 0.717) is 0 Å². The Bertz CT molecular complexity index is 1060. The van der Waals surface area contributed by atoms with Gasteiger partial charge < -0.3 is 10.4 Å². The maximum absolute atomic E-state index is 13.4. The third-order valence-electron chi connectivity index (χ3n) is 2.85. The van der Waals surface area contributed by atoms with Crippen LogP contribution in [-0.2, 0) is 16.0 Å². The summed E-state index contributed by atoms with van der Waals surface area (Å²) in [5.74, 6) is -15.0. The van der Waals surface area contributed by atoms with Gasteiger partial charge in [-0.1, -0.05) is 44.2 Å². The third kappa shape index (κ3) is 5.08. The van der Waals surface area contributed by atoms with Crippen molar-refractivity contribution in [1.29, 1.82) is 0 Å². The second-order valence-electron chi connectivity index (χ2n) is 4.88. The van der Waals surface area contributed by atoms with Crippen LogP contribution in [-0.4, -0.2) is 23.0 Å². The van der Waals surface area contributed by atoms with Gasteiger partial charge in [-0.2, -0.15) is 0 Å². The van der Waals surface area contributed by atoms with Crippen LogP contribution in [0.5, 0.6) is 0 Å². The van der Waals surface area contributed by atoms with E-state index in [1.165, 1.54) is 23.5 Å². The molecule has 1 amide bonds. The Kier molecular flexibility index (Phi) is 2.33. The average molecular weight is 332 g/mol. The average Bonchev–Trinajstić information content (AvgIpc) is 2.75. The molecule has 0 radical (unpaired) electrons. The lowest BCUT2D eigenvalue weighted by atomic mass is 9.76. The SMILES string of the molecule is [2H]C(C)(C)C1([2H])C([2H])([2H])C([2H])([2H])C([2H])(C(=O)N[C@]([2H])(C(=O)O)C([2H])([2H])c2ccccc2)C([2H])([2H])C1([2H])[2H]. The van der Waals surface area contributed by atoms with E-state index in [1.54, 1.807) is 0 Å². The molecule has 4 nitrogen and oxygen atoms in total. The summed E-state index contributed by atoms with van der Waals surface area (Å²) in [5.41, 5.74) is -0.437. The molecule has 0 saturated heterocycles. The highest BCUT2D eigenvalue weighted by atomic mass is 16.4. The molecule has 0 bridgehead atoms. The fourth-order valence-corrected chi connectivity index (χ4v) is 1.66. The number of benzene rings is 1. The van der Waals surface area contributed by atoms with E-state index in [0.717, 1.165) is 26.0 Å². The number of hydrogen-bond acceptors (Lipinski definition) is 2. The Morgan fingerprint density at radius 3 is 2.48 bits per heavy atom. The fraction of sp³-hybridized carbons (Fsp3) is 0.579. The van der Waals surface area contributed by atoms with Gasteiger partial charge in [-0.05, 0) is 42.8 Å². The van der Waals surface area contributed by atoms with Gasteiger partial charge in [0, 0.05) is 30.1 Å². The first-order chi connectivity index (χ1) is 16.2. The van der Waals surface area contributed by atoms with Gasteiger partial charge in [0.25, 0.3) is 0 Å². The van der Waals surface area contributed by atoms with Gasteiger partial charge in [-0.15, -0.1) is 0 Å². The van der Waals surface area contributed by atoms with Crippen molar-refractivity contribution in [3.8, 4) is 0 Å². The first kappa shape index (κ1) is 6.58. The van der Waals surface area contributed by atoms with E-state index < -0.39 is 73.0 Å². The van der Waals surface area contributed by atoms with Gasteiger partial charge in [0.15, 0.2) is 0 Å². The monoisotopic (exact) mass is 331 g/mol. The highest BCUT2D eigenvalue weighted by Crippen LogP contribution is 2.33. The van der Waals surface area contributed by atoms with Crippen LogP contribution in [0.3, 0.4) is 0 Å². The predicted octanol–water partition coefficient (Wildman–Crippen LogP) is 3.26. The number of carbonyl (C=O) groups is 2. The van der Waals surface area contributed by atoms with E-state index >= 15 is 0 Å². The van der Waals surface area contributed by atoms with Crippen molar-refractivity contribution in [1.82, 2.24) is 5.32 Å². The summed E-state index contributed by atoms with van der Waals surface area (Å²) in [5, 5.41) is 11.1. The summed E-state index contributed by atoms with van der Waals surface area (Å²) in [6, 6.07) is 2.46. The van der Waals surface area contributed by atoms with Crippen molar-refractivity contribution < 1.29 is 33.9 Å². The molecule has 126 valence electrons. The molecule has 0 aliphatic heterocycles. The first-order valence-corrected chi connectivity index (χ1v) is 6.79. The largest absolute Gasteiger partial charge is 0.480 e. The summed E-state index contributed by atoms with van der Waals surface area (Å²) in [6.07, 6.45) is -19.4. The number of hydrogen-bond donors (Lipinski definition) is 2. The van der Waals surface area contributed by atoms with Crippen molar-refractivity contribution in [2.45, 2.75) is 51.7 Å². The first-order valence-electron chi connectivity index (χ1n) is 13.8. The lowest BCUT2D eigenvalue weighted by Crippen LogP contribution is -2.45. The number of amides is 1. The number of carboxylic acid groups (broad SMARTS) is 1. The van der Waals surface area contributed by atoms with Crippen LogP contribution in [0.2, 0.25) is 0 Å². The second kappa shape index (κ2) is 8.14. The third-order valence-corrected chi connectivity index (χ3v) is 2.85. The van der Waals surface area contributed by atoms with Crippen LogP contribution >= 0.6 is 0 Å². The minimum atomic E-state index is -4.21. The van der Waals surface area contributed by atoms with Crippen LogP contribution < -0.4 is 5.32 Å². The second-order valence-corrected chi connectivity index (χ2v) is 4.88. The number of aliphatic carboxylic acids is 1. The fourth-order valence-electron chi connectivity index (χ4n) is 1.66. The summed E-state index contributed by atoms with van der Waals surface area (Å²) >= 11 is 0. The lowest BCUT2D eigenvalue weighted by Gasteiger charge is -2.30.